The smallest absolute Gasteiger partial charge is 0.0596 e. The Morgan fingerprint density at radius 1 is 1.30 bits per heavy atom. The molecule has 1 aromatic rings. The van der Waals surface area contributed by atoms with E-state index in [4.69, 9.17) is 0 Å². The van der Waals surface area contributed by atoms with Crippen molar-refractivity contribution >= 4 is 0 Å². The highest BCUT2D eigenvalue weighted by Crippen LogP contribution is 2.62. The van der Waals surface area contributed by atoms with Crippen molar-refractivity contribution in [2.75, 3.05) is 0 Å². The quantitative estimate of drug-likeness (QED) is 0.761. The number of hydrogen-bond donors (Lipinski definition) is 1. The molecular formula is C22H30O. The fourth-order valence-electron chi connectivity index (χ4n) is 6.33. The van der Waals surface area contributed by atoms with E-state index in [1.54, 1.807) is 11.1 Å². The molecule has 2 fully saturated rings. The average Bonchev–Trinajstić information content (AvgIpc) is 2.83. The van der Waals surface area contributed by atoms with Crippen molar-refractivity contribution in [3.05, 3.63) is 47.5 Å². The number of fused-ring (bicyclic) bond motifs is 5. The molecule has 4 rings (SSSR count). The SMILES string of the molecule is C=CC[C@@H]1Cc2cc(C)ccc2C2CC[C@@]3(C)C(CC[C@@H]3O)C21. The van der Waals surface area contributed by atoms with Crippen LogP contribution in [0.4, 0.5) is 0 Å². The van der Waals surface area contributed by atoms with Crippen LogP contribution >= 0.6 is 0 Å². The van der Waals surface area contributed by atoms with Crippen LogP contribution < -0.4 is 0 Å². The van der Waals surface area contributed by atoms with Crippen LogP contribution in [0, 0.1) is 30.1 Å². The maximum atomic E-state index is 10.6. The van der Waals surface area contributed by atoms with E-state index >= 15 is 0 Å². The second-order valence-corrected chi connectivity index (χ2v) is 8.62. The van der Waals surface area contributed by atoms with Gasteiger partial charge in [-0.1, -0.05) is 36.8 Å². The van der Waals surface area contributed by atoms with E-state index in [1.807, 2.05) is 0 Å². The summed E-state index contributed by atoms with van der Waals surface area (Å²) >= 11 is 0. The predicted molar refractivity (Wildman–Crippen MR) is 95.5 cm³/mol. The Morgan fingerprint density at radius 3 is 2.91 bits per heavy atom. The van der Waals surface area contributed by atoms with Gasteiger partial charge in [0.2, 0.25) is 0 Å². The normalized spacial score (nSPS) is 41.8. The van der Waals surface area contributed by atoms with Gasteiger partial charge in [-0.25, -0.2) is 0 Å². The molecule has 0 spiro atoms. The van der Waals surface area contributed by atoms with Gasteiger partial charge in [0.25, 0.3) is 0 Å². The fraction of sp³-hybridized carbons (Fsp3) is 0.636. The Balaban J connectivity index is 1.77. The van der Waals surface area contributed by atoms with Crippen molar-refractivity contribution in [1.82, 2.24) is 0 Å². The van der Waals surface area contributed by atoms with Gasteiger partial charge in [0.1, 0.15) is 0 Å². The topological polar surface area (TPSA) is 20.2 Å². The molecule has 3 aliphatic rings. The number of rotatable bonds is 2. The van der Waals surface area contributed by atoms with Gasteiger partial charge >= 0.3 is 0 Å². The molecule has 1 nitrogen and oxygen atoms in total. The third-order valence-electron chi connectivity index (χ3n) is 7.48. The molecule has 1 N–H and O–H groups in total. The van der Waals surface area contributed by atoms with E-state index < -0.39 is 0 Å². The first-order valence-electron chi connectivity index (χ1n) is 9.43. The number of aliphatic hydroxyl groups excluding tert-OH is 1. The minimum atomic E-state index is -0.0859. The highest BCUT2D eigenvalue weighted by Gasteiger charge is 2.56. The number of allylic oxidation sites excluding steroid dienone is 1. The van der Waals surface area contributed by atoms with Crippen LogP contribution in [0.3, 0.4) is 0 Å². The van der Waals surface area contributed by atoms with Gasteiger partial charge in [0.15, 0.2) is 0 Å². The van der Waals surface area contributed by atoms with E-state index in [-0.39, 0.29) is 11.5 Å². The molecule has 3 aliphatic carbocycles. The maximum absolute atomic E-state index is 10.6. The van der Waals surface area contributed by atoms with E-state index in [9.17, 15) is 5.11 Å². The molecule has 3 unspecified atom stereocenters. The molecule has 0 aromatic heterocycles. The zero-order valence-corrected chi connectivity index (χ0v) is 14.6. The summed E-state index contributed by atoms with van der Waals surface area (Å²) in [5.74, 6) is 2.84. The monoisotopic (exact) mass is 310 g/mol. The number of aryl methyl sites for hydroxylation is 1. The van der Waals surface area contributed by atoms with Gasteiger partial charge in [-0.3, -0.25) is 0 Å². The van der Waals surface area contributed by atoms with Crippen LogP contribution in [-0.4, -0.2) is 11.2 Å². The minimum Gasteiger partial charge on any atom is -0.393 e. The summed E-state index contributed by atoms with van der Waals surface area (Å²) < 4.78 is 0. The lowest BCUT2D eigenvalue weighted by atomic mass is 9.52. The first-order valence-corrected chi connectivity index (χ1v) is 9.43. The first kappa shape index (κ1) is 15.4. The highest BCUT2D eigenvalue weighted by molar-refractivity contribution is 5.38. The molecule has 0 radical (unpaired) electrons. The van der Waals surface area contributed by atoms with Crippen LogP contribution in [-0.2, 0) is 6.42 Å². The summed E-state index contributed by atoms with van der Waals surface area (Å²) in [6.07, 6.45) is 9.02. The average molecular weight is 310 g/mol. The minimum absolute atomic E-state index is 0.0859. The summed E-state index contributed by atoms with van der Waals surface area (Å²) in [7, 11) is 0. The molecule has 0 saturated heterocycles. The Morgan fingerprint density at radius 2 is 2.13 bits per heavy atom. The van der Waals surface area contributed by atoms with E-state index in [1.165, 1.54) is 31.2 Å². The van der Waals surface area contributed by atoms with Gasteiger partial charge in [-0.05, 0) is 85.7 Å². The molecule has 2 saturated carbocycles. The van der Waals surface area contributed by atoms with Crippen molar-refractivity contribution in [3.8, 4) is 0 Å². The van der Waals surface area contributed by atoms with E-state index in [2.05, 4.69) is 44.7 Å². The van der Waals surface area contributed by atoms with Crippen molar-refractivity contribution in [3.63, 3.8) is 0 Å². The molecule has 1 heteroatoms. The maximum Gasteiger partial charge on any atom is 0.0596 e. The van der Waals surface area contributed by atoms with Crippen LogP contribution in [0.1, 0.15) is 61.6 Å². The molecule has 1 aromatic carbocycles. The fourth-order valence-corrected chi connectivity index (χ4v) is 6.33. The van der Waals surface area contributed by atoms with Gasteiger partial charge in [-0.2, -0.15) is 0 Å². The Kier molecular flexibility index (Phi) is 3.68. The van der Waals surface area contributed by atoms with Crippen LogP contribution in [0.5, 0.6) is 0 Å². The zero-order valence-electron chi connectivity index (χ0n) is 14.6. The van der Waals surface area contributed by atoms with Gasteiger partial charge in [-0.15, -0.1) is 6.58 Å². The van der Waals surface area contributed by atoms with Crippen molar-refractivity contribution in [1.29, 1.82) is 0 Å². The molecule has 124 valence electrons. The summed E-state index contributed by atoms with van der Waals surface area (Å²) in [5.41, 5.74) is 4.74. The van der Waals surface area contributed by atoms with Crippen LogP contribution in [0.2, 0.25) is 0 Å². The van der Waals surface area contributed by atoms with E-state index in [0.29, 0.717) is 17.8 Å². The van der Waals surface area contributed by atoms with E-state index in [0.717, 1.165) is 18.8 Å². The lowest BCUT2D eigenvalue weighted by Crippen LogP contribution is -2.47. The molecule has 0 aliphatic heterocycles. The Labute approximate surface area is 140 Å². The summed E-state index contributed by atoms with van der Waals surface area (Å²) in [4.78, 5) is 0. The summed E-state index contributed by atoms with van der Waals surface area (Å²) in [6, 6.07) is 7.11. The second-order valence-electron chi connectivity index (χ2n) is 8.62. The lowest BCUT2D eigenvalue weighted by Gasteiger charge is -2.53. The molecule has 23 heavy (non-hydrogen) atoms. The van der Waals surface area contributed by atoms with Crippen LogP contribution in [0.25, 0.3) is 0 Å². The molecular weight excluding hydrogens is 280 g/mol. The predicted octanol–water partition coefficient (Wildman–Crippen LogP) is 5.01. The van der Waals surface area contributed by atoms with Crippen molar-refractivity contribution in [2.24, 2.45) is 23.2 Å². The van der Waals surface area contributed by atoms with Crippen LogP contribution in [0.15, 0.2) is 30.9 Å². The molecule has 6 atom stereocenters. The zero-order chi connectivity index (χ0) is 16.2. The summed E-state index contributed by atoms with van der Waals surface area (Å²) in [5, 5.41) is 10.6. The van der Waals surface area contributed by atoms with Crippen molar-refractivity contribution < 1.29 is 5.11 Å². The number of benzene rings is 1. The Hall–Kier alpha value is -1.08. The molecule has 0 amide bonds. The second kappa shape index (κ2) is 5.48. The standard InChI is InChI=1S/C22H30O/c1-4-5-15-13-16-12-14(2)6-7-17(16)18-10-11-22(3)19(21(15)18)8-9-20(22)23/h4,6-7,12,15,18-21,23H,1,5,8-11,13H2,2-3H3/t15-,18?,19?,20+,21?,22+/m1/s1. The molecule has 0 heterocycles. The third-order valence-corrected chi connectivity index (χ3v) is 7.48. The highest BCUT2D eigenvalue weighted by atomic mass is 16.3. The van der Waals surface area contributed by atoms with Gasteiger partial charge in [0.05, 0.1) is 6.10 Å². The lowest BCUT2D eigenvalue weighted by molar-refractivity contribution is -0.0377. The Bertz CT molecular complexity index is 618. The molecule has 0 bridgehead atoms. The first-order chi connectivity index (χ1) is 11.0. The van der Waals surface area contributed by atoms with Gasteiger partial charge in [0, 0.05) is 0 Å². The van der Waals surface area contributed by atoms with Crippen molar-refractivity contribution in [2.45, 2.75) is 64.4 Å². The third kappa shape index (κ3) is 2.23. The largest absolute Gasteiger partial charge is 0.393 e. The number of aliphatic hydroxyl groups is 1. The number of hydrogen-bond acceptors (Lipinski definition) is 1. The van der Waals surface area contributed by atoms with Gasteiger partial charge < -0.3 is 5.11 Å². The summed E-state index contributed by atoms with van der Waals surface area (Å²) in [6.45, 7) is 8.61.